The first-order chi connectivity index (χ1) is 13.8. The zero-order valence-corrected chi connectivity index (χ0v) is 16.4. The Kier molecular flexibility index (Phi) is 5.63. The fourth-order valence-corrected chi connectivity index (χ4v) is 3.41. The Morgan fingerprint density at radius 2 is 1.97 bits per heavy atom. The van der Waals surface area contributed by atoms with Gasteiger partial charge in [0.2, 0.25) is 0 Å². The number of nitrogens with one attached hydrogen (secondary N) is 3. The Morgan fingerprint density at radius 3 is 2.62 bits per heavy atom. The predicted octanol–water partition coefficient (Wildman–Crippen LogP) is 3.73. The van der Waals surface area contributed by atoms with Gasteiger partial charge in [0.1, 0.15) is 0 Å². The summed E-state index contributed by atoms with van der Waals surface area (Å²) < 4.78 is 0. The molecule has 0 aromatic heterocycles. The molecule has 1 heterocycles. The van der Waals surface area contributed by atoms with Crippen LogP contribution in [0.2, 0.25) is 0 Å². The molecular formula is C21H22N4O4. The van der Waals surface area contributed by atoms with Crippen LogP contribution in [0.1, 0.15) is 36.6 Å². The van der Waals surface area contributed by atoms with Crippen molar-refractivity contribution in [2.24, 2.45) is 0 Å². The van der Waals surface area contributed by atoms with Crippen LogP contribution in [0, 0.1) is 17.0 Å². The van der Waals surface area contributed by atoms with E-state index in [1.807, 2.05) is 25.1 Å². The number of hydrogen-bond donors (Lipinski definition) is 3. The molecule has 8 nitrogen and oxygen atoms in total. The minimum absolute atomic E-state index is 0.119. The number of allylic oxidation sites excluding steroid dienone is 1. The van der Waals surface area contributed by atoms with Gasteiger partial charge in [-0.2, -0.15) is 0 Å². The highest BCUT2D eigenvalue weighted by Crippen LogP contribution is 2.30. The lowest BCUT2D eigenvalue weighted by atomic mass is 9.90. The molecule has 1 aliphatic heterocycles. The lowest BCUT2D eigenvalue weighted by Crippen LogP contribution is -2.46. The topological polar surface area (TPSA) is 113 Å². The van der Waals surface area contributed by atoms with Crippen molar-refractivity contribution in [2.45, 2.75) is 33.2 Å². The smallest absolute Gasteiger partial charge is 0.319 e. The van der Waals surface area contributed by atoms with Crippen LogP contribution in [-0.2, 0) is 11.2 Å². The molecule has 0 spiro atoms. The van der Waals surface area contributed by atoms with E-state index in [0.717, 1.165) is 23.1 Å². The van der Waals surface area contributed by atoms with E-state index in [2.05, 4.69) is 22.9 Å². The monoisotopic (exact) mass is 394 g/mol. The summed E-state index contributed by atoms with van der Waals surface area (Å²) in [5.41, 5.74) is 3.91. The van der Waals surface area contributed by atoms with Crippen molar-refractivity contribution < 1.29 is 14.5 Å². The number of aryl methyl sites for hydroxylation is 2. The number of carbonyl (C=O) groups excluding carboxylic acids is 2. The van der Waals surface area contributed by atoms with Crippen LogP contribution in [-0.4, -0.2) is 16.9 Å². The minimum Gasteiger partial charge on any atom is -0.327 e. The molecule has 0 saturated heterocycles. The van der Waals surface area contributed by atoms with Gasteiger partial charge in [0.05, 0.1) is 16.5 Å². The van der Waals surface area contributed by atoms with Crippen LogP contribution in [0.5, 0.6) is 0 Å². The first-order valence-electron chi connectivity index (χ1n) is 9.23. The highest BCUT2D eigenvalue weighted by Gasteiger charge is 2.32. The lowest BCUT2D eigenvalue weighted by molar-refractivity contribution is -0.384. The van der Waals surface area contributed by atoms with Gasteiger partial charge in [-0.1, -0.05) is 31.2 Å². The van der Waals surface area contributed by atoms with Crippen molar-refractivity contribution in [2.75, 3.05) is 5.32 Å². The highest BCUT2D eigenvalue weighted by molar-refractivity contribution is 6.07. The van der Waals surface area contributed by atoms with Crippen LogP contribution in [0.15, 0.2) is 53.7 Å². The maximum atomic E-state index is 13.1. The second-order valence-electron chi connectivity index (χ2n) is 6.88. The molecule has 3 amide bonds. The summed E-state index contributed by atoms with van der Waals surface area (Å²) >= 11 is 0. The summed E-state index contributed by atoms with van der Waals surface area (Å²) in [6, 6.07) is 10.6. The molecule has 0 radical (unpaired) electrons. The summed E-state index contributed by atoms with van der Waals surface area (Å²) in [6.07, 6.45) is 0.884. The largest absolute Gasteiger partial charge is 0.327 e. The minimum atomic E-state index is -0.631. The number of hydrogen-bond acceptors (Lipinski definition) is 4. The first-order valence-corrected chi connectivity index (χ1v) is 9.23. The summed E-state index contributed by atoms with van der Waals surface area (Å²) in [4.78, 5) is 35.6. The molecule has 3 rings (SSSR count). The standard InChI is InChI=1S/C21H22N4O4/c1-4-14-8-9-17(12(2)10-14)19-18(13(3)22-21(27)24-19)20(26)23-15-6-5-7-16(11-15)25(28)29/h5-11,19H,4H2,1-3H3,(H,23,26)(H2,22,24,27)/t19-/m0/s1. The fraction of sp³-hybridized carbons (Fsp3) is 0.238. The number of nitro benzene ring substituents is 1. The first kappa shape index (κ1) is 20.1. The van der Waals surface area contributed by atoms with E-state index >= 15 is 0 Å². The summed E-state index contributed by atoms with van der Waals surface area (Å²) in [5, 5.41) is 19.1. The van der Waals surface area contributed by atoms with Gasteiger partial charge in [-0.25, -0.2) is 4.79 Å². The number of anilines is 1. The number of amides is 3. The van der Waals surface area contributed by atoms with E-state index in [1.165, 1.54) is 18.2 Å². The van der Waals surface area contributed by atoms with Gasteiger partial charge in [-0.05, 0) is 43.0 Å². The number of benzene rings is 2. The van der Waals surface area contributed by atoms with Gasteiger partial charge in [0.15, 0.2) is 0 Å². The Balaban J connectivity index is 1.96. The molecule has 0 fully saturated rings. The highest BCUT2D eigenvalue weighted by atomic mass is 16.6. The van der Waals surface area contributed by atoms with E-state index < -0.39 is 22.9 Å². The van der Waals surface area contributed by atoms with E-state index in [-0.39, 0.29) is 5.69 Å². The third-order valence-electron chi connectivity index (χ3n) is 4.88. The van der Waals surface area contributed by atoms with Gasteiger partial charge in [-0.15, -0.1) is 0 Å². The van der Waals surface area contributed by atoms with E-state index in [9.17, 15) is 19.7 Å². The SMILES string of the molecule is CCc1ccc([C@@H]2NC(=O)NC(C)=C2C(=O)Nc2cccc([N+](=O)[O-])c2)c(C)c1. The second-order valence-corrected chi connectivity index (χ2v) is 6.88. The number of carbonyl (C=O) groups is 2. The van der Waals surface area contributed by atoms with Crippen LogP contribution in [0.3, 0.4) is 0 Å². The Bertz CT molecular complexity index is 1030. The molecule has 2 aromatic rings. The molecule has 0 bridgehead atoms. The second kappa shape index (κ2) is 8.14. The van der Waals surface area contributed by atoms with Gasteiger partial charge >= 0.3 is 6.03 Å². The van der Waals surface area contributed by atoms with Crippen LogP contribution in [0.25, 0.3) is 0 Å². The van der Waals surface area contributed by atoms with Crippen molar-refractivity contribution in [3.63, 3.8) is 0 Å². The molecule has 150 valence electrons. The average molecular weight is 394 g/mol. The van der Waals surface area contributed by atoms with Crippen LogP contribution in [0.4, 0.5) is 16.2 Å². The van der Waals surface area contributed by atoms with E-state index in [0.29, 0.717) is 17.0 Å². The number of nitrogens with zero attached hydrogens (tertiary/aromatic N) is 1. The van der Waals surface area contributed by atoms with Gasteiger partial charge in [0.25, 0.3) is 11.6 Å². The molecule has 0 aliphatic carbocycles. The molecule has 2 aromatic carbocycles. The van der Waals surface area contributed by atoms with Crippen LogP contribution < -0.4 is 16.0 Å². The quantitative estimate of drug-likeness (QED) is 0.529. The van der Waals surface area contributed by atoms with Crippen molar-refractivity contribution in [1.29, 1.82) is 0 Å². The molecule has 1 aliphatic rings. The molecule has 0 saturated carbocycles. The number of rotatable bonds is 5. The van der Waals surface area contributed by atoms with E-state index in [1.54, 1.807) is 13.0 Å². The molecule has 1 atom stereocenters. The molecule has 8 heteroatoms. The van der Waals surface area contributed by atoms with Crippen molar-refractivity contribution in [3.8, 4) is 0 Å². The van der Waals surface area contributed by atoms with Gasteiger partial charge in [-0.3, -0.25) is 14.9 Å². The Morgan fingerprint density at radius 1 is 1.21 bits per heavy atom. The molecule has 0 unspecified atom stereocenters. The van der Waals surface area contributed by atoms with E-state index in [4.69, 9.17) is 0 Å². The molecule has 29 heavy (non-hydrogen) atoms. The Labute approximate surface area is 168 Å². The van der Waals surface area contributed by atoms with Gasteiger partial charge in [0, 0.05) is 23.5 Å². The Hall–Kier alpha value is -3.68. The van der Waals surface area contributed by atoms with Crippen molar-refractivity contribution >= 4 is 23.3 Å². The zero-order chi connectivity index (χ0) is 21.1. The number of non-ortho nitro benzene ring substituents is 1. The normalized spacial score (nSPS) is 16.1. The third-order valence-corrected chi connectivity index (χ3v) is 4.88. The summed E-state index contributed by atoms with van der Waals surface area (Å²) in [5.74, 6) is -0.445. The maximum Gasteiger partial charge on any atom is 0.319 e. The zero-order valence-electron chi connectivity index (χ0n) is 16.4. The number of nitro groups is 1. The summed E-state index contributed by atoms with van der Waals surface area (Å²) in [6.45, 7) is 5.65. The molecular weight excluding hydrogens is 372 g/mol. The number of urea groups is 1. The predicted molar refractivity (Wildman–Crippen MR) is 109 cm³/mol. The fourth-order valence-electron chi connectivity index (χ4n) is 3.41. The lowest BCUT2D eigenvalue weighted by Gasteiger charge is -2.29. The average Bonchev–Trinajstić information content (AvgIpc) is 2.67. The van der Waals surface area contributed by atoms with Crippen LogP contribution >= 0.6 is 0 Å². The van der Waals surface area contributed by atoms with Crippen molar-refractivity contribution in [1.82, 2.24) is 10.6 Å². The molecule has 3 N–H and O–H groups in total. The van der Waals surface area contributed by atoms with Crippen molar-refractivity contribution in [3.05, 3.63) is 80.5 Å². The third kappa shape index (κ3) is 4.26. The van der Waals surface area contributed by atoms with Gasteiger partial charge < -0.3 is 16.0 Å². The summed E-state index contributed by atoms with van der Waals surface area (Å²) in [7, 11) is 0. The maximum absolute atomic E-state index is 13.1.